The van der Waals surface area contributed by atoms with Crippen LogP contribution in [-0.2, 0) is 21.4 Å². The van der Waals surface area contributed by atoms with Crippen molar-refractivity contribution < 1.29 is 13.2 Å². The number of hydrogen-bond donors (Lipinski definition) is 0. The molecule has 2 aliphatic rings. The van der Waals surface area contributed by atoms with E-state index in [1.807, 2.05) is 30.3 Å². The van der Waals surface area contributed by atoms with Crippen molar-refractivity contribution in [1.29, 1.82) is 0 Å². The summed E-state index contributed by atoms with van der Waals surface area (Å²) in [7, 11) is -1.81. The molecule has 0 radical (unpaired) electrons. The largest absolute Gasteiger partial charge is 0.337 e. The molecule has 0 fully saturated rings. The lowest BCUT2D eigenvalue weighted by Gasteiger charge is -2.30. The Balaban J connectivity index is 1.85. The summed E-state index contributed by atoms with van der Waals surface area (Å²) in [5.74, 6) is -0.0787. The molecular formula is C16H17N3O3S. The Morgan fingerprint density at radius 1 is 1.30 bits per heavy atom. The Hall–Kier alpha value is -2.41. The average Bonchev–Trinajstić information content (AvgIpc) is 2.53. The van der Waals surface area contributed by atoms with E-state index in [1.165, 1.54) is 0 Å². The van der Waals surface area contributed by atoms with E-state index in [1.54, 1.807) is 35.2 Å². The van der Waals surface area contributed by atoms with Crippen molar-refractivity contribution in [3.8, 4) is 0 Å². The Bertz CT molecular complexity index is 810. The van der Waals surface area contributed by atoms with Crippen molar-refractivity contribution >= 4 is 21.8 Å². The molecule has 0 unspecified atom stereocenters. The van der Waals surface area contributed by atoms with Gasteiger partial charge in [0, 0.05) is 26.3 Å². The van der Waals surface area contributed by atoms with Crippen LogP contribution in [0.15, 0.2) is 58.7 Å². The third-order valence-electron chi connectivity index (χ3n) is 3.70. The number of fused-ring (bicyclic) bond motifs is 1. The lowest BCUT2D eigenvalue weighted by atomic mass is 10.1. The summed E-state index contributed by atoms with van der Waals surface area (Å²) in [5, 5.41) is 0. The van der Waals surface area contributed by atoms with E-state index in [-0.39, 0.29) is 17.5 Å². The summed E-state index contributed by atoms with van der Waals surface area (Å²) in [4.78, 5) is 15.9. The summed E-state index contributed by atoms with van der Waals surface area (Å²) in [6, 6.07) is 9.62. The topological polar surface area (TPSA) is 70.1 Å². The molecule has 2 aliphatic heterocycles. The zero-order valence-corrected chi connectivity index (χ0v) is 13.5. The van der Waals surface area contributed by atoms with Crippen LogP contribution in [0.4, 0.5) is 0 Å². The number of rotatable bonds is 3. The number of nitrogens with zero attached hydrogens (tertiary/aromatic N) is 3. The van der Waals surface area contributed by atoms with Crippen molar-refractivity contribution in [3.63, 3.8) is 0 Å². The minimum absolute atomic E-state index is 0.0395. The van der Waals surface area contributed by atoms with Gasteiger partial charge in [0.05, 0.1) is 11.3 Å². The number of allylic oxidation sites excluding steroid dienone is 2. The van der Waals surface area contributed by atoms with Crippen LogP contribution in [0, 0.1) is 0 Å². The van der Waals surface area contributed by atoms with Gasteiger partial charge in [0.1, 0.15) is 0 Å². The van der Waals surface area contributed by atoms with Crippen molar-refractivity contribution in [1.82, 2.24) is 9.80 Å². The highest BCUT2D eigenvalue weighted by molar-refractivity contribution is 7.90. The molecule has 0 N–H and O–H groups in total. The molecule has 0 saturated heterocycles. The van der Waals surface area contributed by atoms with Gasteiger partial charge in [0.2, 0.25) is 0 Å². The van der Waals surface area contributed by atoms with Gasteiger partial charge >= 0.3 is 0 Å². The summed E-state index contributed by atoms with van der Waals surface area (Å²) in [5.41, 5.74) is 1.31. The number of hydrogen-bond acceptors (Lipinski definition) is 4. The van der Waals surface area contributed by atoms with Crippen LogP contribution < -0.4 is 0 Å². The first-order valence-electron chi connectivity index (χ1n) is 7.24. The van der Waals surface area contributed by atoms with Gasteiger partial charge < -0.3 is 9.80 Å². The van der Waals surface area contributed by atoms with E-state index in [4.69, 9.17) is 0 Å². The van der Waals surface area contributed by atoms with E-state index < -0.39 is 10.0 Å². The minimum atomic E-state index is -3.50. The van der Waals surface area contributed by atoms with Gasteiger partial charge in [-0.25, -0.2) is 8.42 Å². The van der Waals surface area contributed by atoms with E-state index in [2.05, 4.69) is 4.40 Å². The Kier molecular flexibility index (Phi) is 4.04. The standard InChI is InChI=1S/C16H17N3O3S/c1-18(12-13-6-3-2-4-7-13)16(20)14-8-5-9-19-10-11-23(21,22)17-15(14)19/h2-9H,10-12H2,1H3. The average molecular weight is 331 g/mol. The third-order valence-corrected chi connectivity index (χ3v) is 4.85. The SMILES string of the molecule is CN(Cc1ccccc1)C(=O)C1=CC=CN2CCS(=O)(=O)N=C12. The van der Waals surface area contributed by atoms with Gasteiger partial charge in [0.15, 0.2) is 5.84 Å². The fourth-order valence-corrected chi connectivity index (χ4v) is 3.50. The molecular weight excluding hydrogens is 314 g/mol. The summed E-state index contributed by atoms with van der Waals surface area (Å²) < 4.78 is 27.3. The molecule has 0 atom stereocenters. The number of benzene rings is 1. The highest BCUT2D eigenvalue weighted by Crippen LogP contribution is 2.19. The number of carbonyl (C=O) groups is 1. The van der Waals surface area contributed by atoms with Crippen LogP contribution in [0.5, 0.6) is 0 Å². The second-order valence-corrected chi connectivity index (χ2v) is 7.22. The summed E-state index contributed by atoms with van der Waals surface area (Å²) in [6.45, 7) is 0.755. The van der Waals surface area contributed by atoms with Crippen LogP contribution in [0.2, 0.25) is 0 Å². The van der Waals surface area contributed by atoms with E-state index in [0.717, 1.165) is 5.56 Å². The zero-order chi connectivity index (χ0) is 16.4. The molecule has 7 heteroatoms. The van der Waals surface area contributed by atoms with Gasteiger partial charge in [-0.1, -0.05) is 30.3 Å². The van der Waals surface area contributed by atoms with E-state index in [0.29, 0.717) is 18.7 Å². The Labute approximate surface area is 135 Å². The number of amides is 1. The number of carbonyl (C=O) groups excluding carboxylic acids is 1. The third kappa shape index (κ3) is 3.34. The molecule has 2 heterocycles. The zero-order valence-electron chi connectivity index (χ0n) is 12.7. The number of likely N-dealkylation sites (N-methyl/N-ethyl adjacent to an activating group) is 1. The van der Waals surface area contributed by atoms with Gasteiger partial charge in [-0.05, 0) is 17.7 Å². The van der Waals surface area contributed by atoms with Crippen LogP contribution in [0.25, 0.3) is 0 Å². The lowest BCUT2D eigenvalue weighted by molar-refractivity contribution is -0.125. The van der Waals surface area contributed by atoms with Crippen LogP contribution in [0.1, 0.15) is 5.56 Å². The molecule has 3 rings (SSSR count). The Morgan fingerprint density at radius 2 is 2.04 bits per heavy atom. The predicted molar refractivity (Wildman–Crippen MR) is 88.1 cm³/mol. The fourth-order valence-electron chi connectivity index (χ4n) is 2.52. The summed E-state index contributed by atoms with van der Waals surface area (Å²) in [6.07, 6.45) is 5.09. The van der Waals surface area contributed by atoms with Crippen molar-refractivity contribution in [2.45, 2.75) is 6.54 Å². The molecule has 0 aliphatic carbocycles. The minimum Gasteiger partial charge on any atom is -0.337 e. The van der Waals surface area contributed by atoms with Crippen molar-refractivity contribution in [2.75, 3.05) is 19.3 Å². The normalized spacial score (nSPS) is 18.7. The lowest BCUT2D eigenvalue weighted by Crippen LogP contribution is -2.42. The second kappa shape index (κ2) is 6.00. The van der Waals surface area contributed by atoms with Crippen LogP contribution in [-0.4, -0.2) is 49.3 Å². The molecule has 1 aromatic carbocycles. The van der Waals surface area contributed by atoms with Gasteiger partial charge in [-0.15, -0.1) is 4.40 Å². The van der Waals surface area contributed by atoms with Gasteiger partial charge in [0.25, 0.3) is 15.9 Å². The molecule has 1 aromatic rings. The maximum absolute atomic E-state index is 12.7. The molecule has 0 aromatic heterocycles. The van der Waals surface area contributed by atoms with Gasteiger partial charge in [-0.2, -0.15) is 0 Å². The van der Waals surface area contributed by atoms with E-state index in [9.17, 15) is 13.2 Å². The monoisotopic (exact) mass is 331 g/mol. The molecule has 0 spiro atoms. The van der Waals surface area contributed by atoms with Crippen molar-refractivity contribution in [2.24, 2.45) is 4.40 Å². The first kappa shape index (κ1) is 15.5. The van der Waals surface area contributed by atoms with Crippen molar-refractivity contribution in [3.05, 3.63) is 59.8 Å². The smallest absolute Gasteiger partial charge is 0.257 e. The van der Waals surface area contributed by atoms with Crippen LogP contribution >= 0.6 is 0 Å². The quantitative estimate of drug-likeness (QED) is 0.833. The maximum atomic E-state index is 12.7. The summed E-state index contributed by atoms with van der Waals surface area (Å²) >= 11 is 0. The molecule has 120 valence electrons. The van der Waals surface area contributed by atoms with E-state index >= 15 is 0 Å². The Morgan fingerprint density at radius 3 is 2.78 bits per heavy atom. The molecule has 0 saturated carbocycles. The number of sulfonamides is 1. The highest BCUT2D eigenvalue weighted by atomic mass is 32.2. The van der Waals surface area contributed by atoms with Gasteiger partial charge in [-0.3, -0.25) is 4.79 Å². The first-order valence-corrected chi connectivity index (χ1v) is 8.85. The van der Waals surface area contributed by atoms with Crippen LogP contribution in [0.3, 0.4) is 0 Å². The maximum Gasteiger partial charge on any atom is 0.257 e. The first-order chi connectivity index (χ1) is 11.0. The number of amidine groups is 1. The predicted octanol–water partition coefficient (Wildman–Crippen LogP) is 1.14. The molecule has 0 bridgehead atoms. The molecule has 1 amide bonds. The highest BCUT2D eigenvalue weighted by Gasteiger charge is 2.31. The molecule has 23 heavy (non-hydrogen) atoms. The fraction of sp³-hybridized carbons (Fsp3) is 0.250. The second-order valence-electron chi connectivity index (χ2n) is 5.46. The molecule has 6 nitrogen and oxygen atoms in total.